The number of nitrogens with zero attached hydrogens (tertiary/aromatic N) is 1. The molecule has 3 nitrogen and oxygen atoms in total. The molecule has 4 rings (SSSR count). The molecule has 0 atom stereocenters. The number of ether oxygens (including phenoxy) is 1. The number of aromatic nitrogens is 1. The number of hydrogen-bond acceptors (Lipinski definition) is 3. The van der Waals surface area contributed by atoms with E-state index < -0.39 is 0 Å². The first-order chi connectivity index (χ1) is 12.2. The van der Waals surface area contributed by atoms with Gasteiger partial charge in [-0.2, -0.15) is 0 Å². The molecule has 1 fully saturated rings. The minimum absolute atomic E-state index is 0. The quantitative estimate of drug-likeness (QED) is 0.626. The van der Waals surface area contributed by atoms with Gasteiger partial charge in [0.1, 0.15) is 11.9 Å². The monoisotopic (exact) mass is 404 g/mol. The fourth-order valence-electron chi connectivity index (χ4n) is 3.68. The minimum atomic E-state index is 0. The van der Waals surface area contributed by atoms with Crippen LogP contribution in [0, 0.1) is 13.8 Å². The van der Waals surface area contributed by atoms with E-state index in [1.807, 2.05) is 6.20 Å². The summed E-state index contributed by atoms with van der Waals surface area (Å²) in [6.45, 7) is 6.35. The van der Waals surface area contributed by atoms with Gasteiger partial charge in [0.05, 0.1) is 0 Å². The van der Waals surface area contributed by atoms with E-state index in [-0.39, 0.29) is 24.8 Å². The molecule has 2 aromatic carbocycles. The highest BCUT2D eigenvalue weighted by Gasteiger charge is 2.14. The number of fused-ring (bicyclic) bond motifs is 1. The fourth-order valence-corrected chi connectivity index (χ4v) is 3.68. The van der Waals surface area contributed by atoms with E-state index >= 15 is 0 Å². The molecule has 0 radical (unpaired) electrons. The molecule has 1 saturated heterocycles. The second-order valence-electron chi connectivity index (χ2n) is 6.82. The Labute approximate surface area is 173 Å². The Bertz CT molecular complexity index is 891. The van der Waals surface area contributed by atoms with Crippen LogP contribution in [0.4, 0.5) is 0 Å². The van der Waals surface area contributed by atoms with E-state index in [0.29, 0.717) is 6.10 Å². The number of hydrogen-bond donors (Lipinski definition) is 1. The number of benzene rings is 2. The zero-order valence-electron chi connectivity index (χ0n) is 15.7. The van der Waals surface area contributed by atoms with E-state index in [0.717, 1.165) is 37.4 Å². The lowest BCUT2D eigenvalue weighted by Crippen LogP contribution is -2.34. The maximum absolute atomic E-state index is 6.11. The third-order valence-corrected chi connectivity index (χ3v) is 5.17. The lowest BCUT2D eigenvalue weighted by molar-refractivity contribution is 0.162. The molecule has 1 aliphatic heterocycles. The average Bonchev–Trinajstić information content (AvgIpc) is 2.65. The van der Waals surface area contributed by atoms with Crippen molar-refractivity contribution >= 4 is 35.6 Å². The highest BCUT2D eigenvalue weighted by Crippen LogP contribution is 2.31. The normalized spacial score (nSPS) is 14.3. The average molecular weight is 405 g/mol. The van der Waals surface area contributed by atoms with Crippen LogP contribution in [0.2, 0.25) is 0 Å². The first-order valence-electron chi connectivity index (χ1n) is 9.05. The summed E-state index contributed by atoms with van der Waals surface area (Å²) in [5.74, 6) is 0.967. The van der Waals surface area contributed by atoms with Crippen molar-refractivity contribution < 1.29 is 4.74 Å². The summed E-state index contributed by atoms with van der Waals surface area (Å²) in [6.07, 6.45) is 4.40. The summed E-state index contributed by atoms with van der Waals surface area (Å²) >= 11 is 0. The molecule has 1 aliphatic rings. The number of nitrogens with one attached hydrogen (secondary N) is 1. The molecule has 0 unspecified atom stereocenters. The molecule has 27 heavy (non-hydrogen) atoms. The van der Waals surface area contributed by atoms with E-state index in [4.69, 9.17) is 4.74 Å². The van der Waals surface area contributed by atoms with Gasteiger partial charge in [0.25, 0.3) is 0 Å². The van der Waals surface area contributed by atoms with Gasteiger partial charge in [0.2, 0.25) is 0 Å². The molecule has 0 spiro atoms. The van der Waals surface area contributed by atoms with Gasteiger partial charge in [-0.1, -0.05) is 24.3 Å². The molecule has 144 valence electrons. The zero-order valence-corrected chi connectivity index (χ0v) is 17.3. The van der Waals surface area contributed by atoms with Crippen molar-refractivity contribution in [3.8, 4) is 16.9 Å². The van der Waals surface area contributed by atoms with Gasteiger partial charge in [0.15, 0.2) is 0 Å². The summed E-state index contributed by atoms with van der Waals surface area (Å²) in [4.78, 5) is 4.40. The van der Waals surface area contributed by atoms with Crippen molar-refractivity contribution in [3.63, 3.8) is 0 Å². The summed E-state index contributed by atoms with van der Waals surface area (Å²) in [6, 6.07) is 15.0. The minimum Gasteiger partial charge on any atom is -0.490 e. The predicted octanol–water partition coefficient (Wildman–Crippen LogP) is 5.49. The van der Waals surface area contributed by atoms with Crippen LogP contribution in [0.5, 0.6) is 5.75 Å². The van der Waals surface area contributed by atoms with E-state index in [9.17, 15) is 0 Å². The van der Waals surface area contributed by atoms with Crippen molar-refractivity contribution in [1.82, 2.24) is 10.3 Å². The number of piperidine rings is 1. The van der Waals surface area contributed by atoms with Crippen molar-refractivity contribution in [2.75, 3.05) is 13.1 Å². The van der Waals surface area contributed by atoms with Gasteiger partial charge >= 0.3 is 0 Å². The largest absolute Gasteiger partial charge is 0.490 e. The van der Waals surface area contributed by atoms with Crippen molar-refractivity contribution in [2.24, 2.45) is 0 Å². The zero-order chi connectivity index (χ0) is 17.2. The van der Waals surface area contributed by atoms with Gasteiger partial charge in [-0.05, 0) is 80.1 Å². The van der Waals surface area contributed by atoms with Crippen molar-refractivity contribution in [1.29, 1.82) is 0 Å². The van der Waals surface area contributed by atoms with Crippen LogP contribution in [0.1, 0.15) is 24.1 Å². The molecule has 0 amide bonds. The Hall–Kier alpha value is -1.81. The van der Waals surface area contributed by atoms with Crippen LogP contribution in [-0.2, 0) is 0 Å². The maximum Gasteiger partial charge on any atom is 0.119 e. The van der Waals surface area contributed by atoms with Gasteiger partial charge in [-0.15, -0.1) is 24.8 Å². The molecule has 2 heterocycles. The second kappa shape index (κ2) is 9.41. The third kappa shape index (κ3) is 4.55. The lowest BCUT2D eigenvalue weighted by atomic mass is 9.95. The first kappa shape index (κ1) is 21.5. The highest BCUT2D eigenvalue weighted by atomic mass is 35.5. The van der Waals surface area contributed by atoms with Gasteiger partial charge in [0, 0.05) is 17.3 Å². The van der Waals surface area contributed by atoms with Crippen LogP contribution in [-0.4, -0.2) is 24.2 Å². The SMILES string of the molecule is Cc1nccc2c(C)c(-c3ccc(OC4CCNCC4)cc3)ccc12.Cl.Cl. The highest BCUT2D eigenvalue weighted by molar-refractivity contribution is 5.92. The van der Waals surface area contributed by atoms with Crippen LogP contribution in [0.3, 0.4) is 0 Å². The number of pyridine rings is 1. The summed E-state index contributed by atoms with van der Waals surface area (Å²) in [5.41, 5.74) is 4.88. The lowest BCUT2D eigenvalue weighted by Gasteiger charge is -2.24. The van der Waals surface area contributed by atoms with E-state index in [2.05, 4.69) is 66.6 Å². The molecule has 5 heteroatoms. The van der Waals surface area contributed by atoms with Crippen molar-refractivity contribution in [3.05, 3.63) is 59.9 Å². The van der Waals surface area contributed by atoms with E-state index in [1.165, 1.54) is 27.5 Å². The molecular formula is C22H26Cl2N2O. The smallest absolute Gasteiger partial charge is 0.119 e. The van der Waals surface area contributed by atoms with Crippen LogP contribution < -0.4 is 10.1 Å². The maximum atomic E-state index is 6.11. The van der Waals surface area contributed by atoms with Gasteiger partial charge in [-0.25, -0.2) is 0 Å². The van der Waals surface area contributed by atoms with Crippen LogP contribution in [0.25, 0.3) is 21.9 Å². The second-order valence-corrected chi connectivity index (χ2v) is 6.82. The first-order valence-corrected chi connectivity index (χ1v) is 9.05. The van der Waals surface area contributed by atoms with Crippen LogP contribution >= 0.6 is 24.8 Å². The summed E-state index contributed by atoms with van der Waals surface area (Å²) in [5, 5.41) is 5.88. The molecule has 3 aromatic rings. The van der Waals surface area contributed by atoms with Gasteiger partial charge < -0.3 is 10.1 Å². The van der Waals surface area contributed by atoms with Crippen molar-refractivity contribution in [2.45, 2.75) is 32.8 Å². The molecule has 0 saturated carbocycles. The fraction of sp³-hybridized carbons (Fsp3) is 0.318. The number of halogens is 2. The summed E-state index contributed by atoms with van der Waals surface area (Å²) < 4.78 is 6.11. The topological polar surface area (TPSA) is 34.1 Å². The Kier molecular flexibility index (Phi) is 7.49. The standard InChI is InChI=1S/C22H24N2O.2ClH/c1-15-20(7-8-22-16(2)24-14-11-21(15)22)17-3-5-18(6-4-17)25-19-9-12-23-13-10-19;;/h3-8,11,14,19,23H,9-10,12-13H2,1-2H3;2*1H. The number of aryl methyl sites for hydroxylation is 2. The summed E-state index contributed by atoms with van der Waals surface area (Å²) in [7, 11) is 0. The number of rotatable bonds is 3. The Morgan fingerprint density at radius 2 is 1.59 bits per heavy atom. The Morgan fingerprint density at radius 1 is 0.889 bits per heavy atom. The Morgan fingerprint density at radius 3 is 2.30 bits per heavy atom. The molecule has 0 bridgehead atoms. The molecule has 1 N–H and O–H groups in total. The molecular weight excluding hydrogens is 379 g/mol. The molecule has 1 aromatic heterocycles. The van der Waals surface area contributed by atoms with Crippen LogP contribution in [0.15, 0.2) is 48.7 Å². The molecule has 0 aliphatic carbocycles. The van der Waals surface area contributed by atoms with E-state index in [1.54, 1.807) is 0 Å². The Balaban J connectivity index is 0.00000131. The predicted molar refractivity (Wildman–Crippen MR) is 118 cm³/mol. The van der Waals surface area contributed by atoms with Gasteiger partial charge in [-0.3, -0.25) is 4.98 Å². The third-order valence-electron chi connectivity index (χ3n) is 5.17.